The average Bonchev–Trinajstić information content (AvgIpc) is 2.95. The van der Waals surface area contributed by atoms with Crippen LogP contribution in [0.4, 0.5) is 0 Å². The molecule has 5 heteroatoms. The van der Waals surface area contributed by atoms with Crippen LogP contribution in [0.25, 0.3) is 0 Å². The summed E-state index contributed by atoms with van der Waals surface area (Å²) >= 11 is 1.92. The highest BCUT2D eigenvalue weighted by atomic mass is 32.2. The van der Waals surface area contributed by atoms with E-state index in [1.807, 2.05) is 23.9 Å². The van der Waals surface area contributed by atoms with Gasteiger partial charge in [0.15, 0.2) is 11.5 Å². The standard InChI is InChI=1S/C12H15NO3S/c1-7-5-13-12(17-7)8-3-9(14-2)11-10(4-8)15-6-16-11/h3-4,7,12-13H,5-6H2,1-2H3. The second kappa shape index (κ2) is 4.31. The van der Waals surface area contributed by atoms with E-state index in [0.717, 1.165) is 18.0 Å². The van der Waals surface area contributed by atoms with Crippen molar-refractivity contribution < 1.29 is 14.2 Å². The highest BCUT2D eigenvalue weighted by Gasteiger charge is 2.27. The highest BCUT2D eigenvalue weighted by Crippen LogP contribution is 2.45. The fourth-order valence-corrected chi connectivity index (χ4v) is 3.24. The molecule has 0 amide bonds. The molecule has 2 aliphatic rings. The zero-order valence-electron chi connectivity index (χ0n) is 9.86. The van der Waals surface area contributed by atoms with Crippen LogP contribution in [0, 0.1) is 0 Å². The second-order valence-electron chi connectivity index (χ2n) is 4.19. The van der Waals surface area contributed by atoms with Gasteiger partial charge in [0, 0.05) is 11.8 Å². The van der Waals surface area contributed by atoms with Crippen LogP contribution >= 0.6 is 11.8 Å². The third kappa shape index (κ3) is 1.93. The summed E-state index contributed by atoms with van der Waals surface area (Å²) in [7, 11) is 1.65. The molecule has 0 aliphatic carbocycles. The van der Waals surface area contributed by atoms with Crippen molar-refractivity contribution in [2.75, 3.05) is 20.4 Å². The minimum Gasteiger partial charge on any atom is -0.493 e. The van der Waals surface area contributed by atoms with Crippen molar-refractivity contribution in [1.82, 2.24) is 5.32 Å². The number of thioether (sulfide) groups is 1. The predicted octanol–water partition coefficient (Wildman–Crippen LogP) is 2.15. The van der Waals surface area contributed by atoms with E-state index in [-0.39, 0.29) is 6.79 Å². The van der Waals surface area contributed by atoms with Crippen molar-refractivity contribution in [1.29, 1.82) is 0 Å². The maximum atomic E-state index is 5.43. The van der Waals surface area contributed by atoms with Crippen molar-refractivity contribution in [2.24, 2.45) is 0 Å². The van der Waals surface area contributed by atoms with E-state index < -0.39 is 0 Å². The Kier molecular flexibility index (Phi) is 2.80. The van der Waals surface area contributed by atoms with Gasteiger partial charge in [-0.15, -0.1) is 11.8 Å². The second-order valence-corrected chi connectivity index (χ2v) is 5.74. The molecule has 1 aromatic rings. The molecule has 4 nitrogen and oxygen atoms in total. The first kappa shape index (κ1) is 11.0. The maximum absolute atomic E-state index is 5.43. The Morgan fingerprint density at radius 2 is 2.29 bits per heavy atom. The van der Waals surface area contributed by atoms with Crippen LogP contribution in [0.3, 0.4) is 0 Å². The minimum absolute atomic E-state index is 0.275. The third-order valence-corrected chi connectivity index (χ3v) is 4.28. The van der Waals surface area contributed by atoms with E-state index in [9.17, 15) is 0 Å². The molecule has 1 fully saturated rings. The Morgan fingerprint density at radius 1 is 1.41 bits per heavy atom. The quantitative estimate of drug-likeness (QED) is 0.874. The van der Waals surface area contributed by atoms with Crippen LogP contribution in [0.15, 0.2) is 12.1 Å². The van der Waals surface area contributed by atoms with E-state index >= 15 is 0 Å². The van der Waals surface area contributed by atoms with Crippen molar-refractivity contribution >= 4 is 11.8 Å². The van der Waals surface area contributed by atoms with E-state index in [1.54, 1.807) is 7.11 Å². The van der Waals surface area contributed by atoms with Gasteiger partial charge in [-0.05, 0) is 17.7 Å². The maximum Gasteiger partial charge on any atom is 0.231 e. The number of fused-ring (bicyclic) bond motifs is 1. The normalized spacial score (nSPS) is 26.2. The lowest BCUT2D eigenvalue weighted by atomic mass is 10.1. The van der Waals surface area contributed by atoms with Gasteiger partial charge in [0.05, 0.1) is 12.5 Å². The Hall–Kier alpha value is -1.07. The van der Waals surface area contributed by atoms with Gasteiger partial charge in [-0.1, -0.05) is 6.92 Å². The molecule has 17 heavy (non-hydrogen) atoms. The number of rotatable bonds is 2. The van der Waals surface area contributed by atoms with Crippen molar-refractivity contribution in [3.05, 3.63) is 17.7 Å². The van der Waals surface area contributed by atoms with Crippen LogP contribution in [0.2, 0.25) is 0 Å². The van der Waals surface area contributed by atoms with Gasteiger partial charge >= 0.3 is 0 Å². The smallest absolute Gasteiger partial charge is 0.231 e. The molecule has 2 atom stereocenters. The summed E-state index contributed by atoms with van der Waals surface area (Å²) in [6.45, 7) is 3.53. The summed E-state index contributed by atoms with van der Waals surface area (Å²) in [6.07, 6.45) is 0. The fraction of sp³-hybridized carbons (Fsp3) is 0.500. The molecule has 0 spiro atoms. The van der Waals surface area contributed by atoms with Crippen LogP contribution in [0.1, 0.15) is 17.9 Å². The molecule has 0 bridgehead atoms. The van der Waals surface area contributed by atoms with Gasteiger partial charge in [-0.25, -0.2) is 0 Å². The zero-order chi connectivity index (χ0) is 11.8. The molecule has 3 rings (SSSR count). The molecular formula is C12H15NO3S. The molecule has 2 heterocycles. The predicted molar refractivity (Wildman–Crippen MR) is 66.9 cm³/mol. The molecule has 1 aromatic carbocycles. The molecule has 0 radical (unpaired) electrons. The molecule has 1 N–H and O–H groups in total. The first-order chi connectivity index (χ1) is 8.28. The molecule has 1 saturated heterocycles. The van der Waals surface area contributed by atoms with E-state index in [2.05, 4.69) is 12.2 Å². The highest BCUT2D eigenvalue weighted by molar-refractivity contribution is 8.00. The number of benzene rings is 1. The molecule has 2 unspecified atom stereocenters. The lowest BCUT2D eigenvalue weighted by molar-refractivity contribution is 0.171. The third-order valence-electron chi connectivity index (χ3n) is 2.94. The van der Waals surface area contributed by atoms with E-state index in [4.69, 9.17) is 14.2 Å². The van der Waals surface area contributed by atoms with Crippen molar-refractivity contribution in [3.63, 3.8) is 0 Å². The van der Waals surface area contributed by atoms with Gasteiger partial charge in [0.25, 0.3) is 0 Å². The topological polar surface area (TPSA) is 39.7 Å². The first-order valence-electron chi connectivity index (χ1n) is 5.64. The Balaban J connectivity index is 1.95. The first-order valence-corrected chi connectivity index (χ1v) is 6.58. The summed E-state index contributed by atoms with van der Waals surface area (Å²) in [5.41, 5.74) is 1.18. The van der Waals surface area contributed by atoms with Crippen LogP contribution in [-0.4, -0.2) is 25.7 Å². The summed E-state index contributed by atoms with van der Waals surface area (Å²) in [5, 5.41) is 4.43. The summed E-state index contributed by atoms with van der Waals surface area (Å²) in [4.78, 5) is 0. The summed E-state index contributed by atoms with van der Waals surface area (Å²) in [5.74, 6) is 2.24. The lowest BCUT2D eigenvalue weighted by Gasteiger charge is -2.13. The number of hydrogen-bond acceptors (Lipinski definition) is 5. The Labute approximate surface area is 105 Å². The monoisotopic (exact) mass is 253 g/mol. The van der Waals surface area contributed by atoms with Gasteiger partial charge in [-0.3, -0.25) is 0 Å². The van der Waals surface area contributed by atoms with E-state index in [0.29, 0.717) is 16.4 Å². The van der Waals surface area contributed by atoms with Crippen molar-refractivity contribution in [3.8, 4) is 17.2 Å². The van der Waals surface area contributed by atoms with Crippen LogP contribution in [-0.2, 0) is 0 Å². The van der Waals surface area contributed by atoms with Crippen molar-refractivity contribution in [2.45, 2.75) is 17.5 Å². The zero-order valence-corrected chi connectivity index (χ0v) is 10.7. The molecule has 0 aromatic heterocycles. The number of methoxy groups -OCH3 is 1. The van der Waals surface area contributed by atoms with Gasteiger partial charge in [0.1, 0.15) is 0 Å². The molecule has 0 saturated carbocycles. The van der Waals surface area contributed by atoms with Gasteiger partial charge in [-0.2, -0.15) is 0 Å². The number of hydrogen-bond donors (Lipinski definition) is 1. The molecular weight excluding hydrogens is 238 g/mol. The van der Waals surface area contributed by atoms with Gasteiger partial charge in [0.2, 0.25) is 12.5 Å². The van der Waals surface area contributed by atoms with E-state index in [1.165, 1.54) is 5.56 Å². The van der Waals surface area contributed by atoms with Crippen LogP contribution in [0.5, 0.6) is 17.2 Å². The summed E-state index contributed by atoms with van der Waals surface area (Å²) < 4.78 is 16.2. The Bertz CT molecular complexity index is 438. The molecule has 92 valence electrons. The fourth-order valence-electron chi connectivity index (χ4n) is 2.10. The SMILES string of the molecule is COc1cc(C2NCC(C)S2)cc2c1OCO2. The minimum atomic E-state index is 0.275. The molecule has 2 aliphatic heterocycles. The number of ether oxygens (including phenoxy) is 3. The van der Waals surface area contributed by atoms with Gasteiger partial charge < -0.3 is 19.5 Å². The Morgan fingerprint density at radius 3 is 3.00 bits per heavy atom. The average molecular weight is 253 g/mol. The number of nitrogens with one attached hydrogen (secondary N) is 1. The summed E-state index contributed by atoms with van der Waals surface area (Å²) in [6, 6.07) is 4.06. The van der Waals surface area contributed by atoms with Crippen LogP contribution < -0.4 is 19.5 Å². The largest absolute Gasteiger partial charge is 0.493 e. The lowest BCUT2D eigenvalue weighted by Crippen LogP contribution is -2.13.